The van der Waals surface area contributed by atoms with Gasteiger partial charge in [-0.1, -0.05) is 24.3 Å². The van der Waals surface area contributed by atoms with Gasteiger partial charge in [-0.15, -0.1) is 0 Å². The van der Waals surface area contributed by atoms with Gasteiger partial charge in [0.1, 0.15) is 5.76 Å². The van der Waals surface area contributed by atoms with Crippen molar-refractivity contribution in [1.29, 1.82) is 0 Å². The number of ether oxygens (including phenoxy) is 1. The lowest BCUT2D eigenvalue weighted by Gasteiger charge is -2.62. The van der Waals surface area contributed by atoms with Crippen molar-refractivity contribution in [2.24, 2.45) is 5.92 Å². The number of carbonyl (C=O) groups is 1. The summed E-state index contributed by atoms with van der Waals surface area (Å²) in [4.78, 5) is 20.4. The van der Waals surface area contributed by atoms with Gasteiger partial charge in [0.2, 0.25) is 0 Å². The van der Waals surface area contributed by atoms with E-state index in [1.54, 1.807) is 18.5 Å². The lowest BCUT2D eigenvalue weighted by atomic mass is 9.49. The van der Waals surface area contributed by atoms with Crippen LogP contribution in [-0.4, -0.2) is 61.9 Å². The van der Waals surface area contributed by atoms with Gasteiger partial charge in [-0.3, -0.25) is 14.7 Å². The van der Waals surface area contributed by atoms with E-state index in [0.717, 1.165) is 35.3 Å². The van der Waals surface area contributed by atoms with Crippen molar-refractivity contribution < 1.29 is 24.9 Å². The Hall–Kier alpha value is -3.88. The maximum Gasteiger partial charge on any atom is 0.255 e. The number of benzene rings is 2. The second-order valence-corrected chi connectivity index (χ2v) is 12.0. The predicted octanol–water partition coefficient (Wildman–Crippen LogP) is 4.08. The molecule has 1 spiro atoms. The number of aromatic hydroxyl groups is 1. The zero-order valence-corrected chi connectivity index (χ0v) is 22.0. The molecule has 3 aliphatic carbocycles. The summed E-state index contributed by atoms with van der Waals surface area (Å²) in [6.07, 6.45) is 6.04. The summed E-state index contributed by atoms with van der Waals surface area (Å²) in [7, 11) is 0. The van der Waals surface area contributed by atoms with Gasteiger partial charge in [-0.05, 0) is 73.5 Å². The van der Waals surface area contributed by atoms with E-state index in [9.17, 15) is 20.1 Å². The lowest BCUT2D eigenvalue weighted by Crippen LogP contribution is -2.75. The highest BCUT2D eigenvalue weighted by Crippen LogP contribution is 2.66. The van der Waals surface area contributed by atoms with Crippen LogP contribution >= 0.6 is 0 Å². The zero-order chi connectivity index (χ0) is 27.2. The van der Waals surface area contributed by atoms with Crippen molar-refractivity contribution >= 4 is 11.6 Å². The van der Waals surface area contributed by atoms with Crippen LogP contribution in [0, 0.1) is 5.92 Å². The van der Waals surface area contributed by atoms with Gasteiger partial charge in [0.05, 0.1) is 16.6 Å². The van der Waals surface area contributed by atoms with Crippen molar-refractivity contribution in [3.8, 4) is 22.6 Å². The first-order valence-electron chi connectivity index (χ1n) is 14.1. The molecule has 1 saturated heterocycles. The number of nitrogens with one attached hydrogen (secondary N) is 1. The summed E-state index contributed by atoms with van der Waals surface area (Å²) < 4.78 is 6.32. The molecule has 204 valence electrons. The summed E-state index contributed by atoms with van der Waals surface area (Å²) in [6, 6.07) is 14.6. The fourth-order valence-corrected chi connectivity index (χ4v) is 7.94. The topological polar surface area (TPSA) is 115 Å². The van der Waals surface area contributed by atoms with E-state index < -0.39 is 23.0 Å². The first-order chi connectivity index (χ1) is 19.4. The van der Waals surface area contributed by atoms with Crippen molar-refractivity contribution in [2.45, 2.75) is 55.3 Å². The molecule has 3 aromatic rings. The largest absolute Gasteiger partial charge is 0.508 e. The molecule has 1 amide bonds. The van der Waals surface area contributed by atoms with Crippen LogP contribution in [0.3, 0.4) is 0 Å². The number of pyridine rings is 1. The van der Waals surface area contributed by atoms with Crippen LogP contribution in [0.1, 0.15) is 36.8 Å². The summed E-state index contributed by atoms with van der Waals surface area (Å²) in [6.45, 7) is 1.69. The number of phenols is 1. The Morgan fingerprint density at radius 3 is 2.70 bits per heavy atom. The number of hydrogen-bond acceptors (Lipinski definition) is 7. The van der Waals surface area contributed by atoms with Crippen LogP contribution in [-0.2, 0) is 16.6 Å². The monoisotopic (exact) mass is 537 g/mol. The molecule has 4 N–H and O–H groups in total. The molecule has 0 radical (unpaired) electrons. The van der Waals surface area contributed by atoms with Gasteiger partial charge in [-0.2, -0.15) is 0 Å². The number of aliphatic hydroxyl groups excluding tert-OH is 1. The minimum atomic E-state index is -1.35. The predicted molar refractivity (Wildman–Crippen MR) is 148 cm³/mol. The SMILES string of the molecule is O=C(Nc1ccccc1-c1ccncc1)C1=C(O)[C@@H]2Oc3c(O)ccc4c3[C@@]23CCN(CC2CC2)[C@H](C4)[C@]3(O)C1. The number of anilines is 1. The molecular weight excluding hydrogens is 506 g/mol. The quantitative estimate of drug-likeness (QED) is 0.388. The average Bonchev–Trinajstić information content (AvgIpc) is 3.70. The van der Waals surface area contributed by atoms with Gasteiger partial charge in [0, 0.05) is 48.2 Å². The highest BCUT2D eigenvalue weighted by molar-refractivity contribution is 6.06. The lowest BCUT2D eigenvalue weighted by molar-refractivity contribution is -0.172. The number of para-hydroxylation sites is 1. The first-order valence-corrected chi connectivity index (χ1v) is 14.1. The molecule has 40 heavy (non-hydrogen) atoms. The van der Waals surface area contributed by atoms with Crippen LogP contribution in [0.5, 0.6) is 11.5 Å². The van der Waals surface area contributed by atoms with E-state index in [1.165, 1.54) is 12.8 Å². The first kappa shape index (κ1) is 24.0. The zero-order valence-electron chi connectivity index (χ0n) is 22.0. The highest BCUT2D eigenvalue weighted by atomic mass is 16.5. The molecule has 3 heterocycles. The van der Waals surface area contributed by atoms with Crippen LogP contribution in [0.2, 0.25) is 0 Å². The molecule has 2 aromatic carbocycles. The van der Waals surface area contributed by atoms with Crippen LogP contribution in [0.15, 0.2) is 72.3 Å². The van der Waals surface area contributed by atoms with Gasteiger partial charge >= 0.3 is 0 Å². The molecule has 8 nitrogen and oxygen atoms in total. The molecule has 8 rings (SSSR count). The van der Waals surface area contributed by atoms with E-state index in [-0.39, 0.29) is 29.5 Å². The number of carbonyl (C=O) groups excluding carboxylic acids is 1. The normalized spacial score (nSPS) is 30.0. The van der Waals surface area contributed by atoms with E-state index in [2.05, 4.69) is 15.2 Å². The standard InChI is InChI=1S/C32H31N3O5/c36-24-8-7-20-15-25-32(39)16-22(30(38)34-23-4-2-1-3-21(23)19-9-12-33-13-10-19)27(37)29-31(32,26(20)28(24)40-29)11-14-35(25)17-18-5-6-18/h1-4,7-10,12-13,18,25,29,36-37,39H,5-6,11,14-17H2,(H,34,38)/t25-,29+,31+,32-/m1/s1. The van der Waals surface area contributed by atoms with Gasteiger partial charge in [0.15, 0.2) is 17.6 Å². The number of nitrogens with zero attached hydrogens (tertiary/aromatic N) is 2. The van der Waals surface area contributed by atoms with Crippen molar-refractivity contribution in [3.63, 3.8) is 0 Å². The van der Waals surface area contributed by atoms with Crippen LogP contribution in [0.4, 0.5) is 5.69 Å². The summed E-state index contributed by atoms with van der Waals surface area (Å²) in [5.41, 5.74) is 2.02. The molecule has 2 fully saturated rings. The van der Waals surface area contributed by atoms with E-state index in [1.807, 2.05) is 42.5 Å². The number of aliphatic hydroxyl groups is 2. The second-order valence-electron chi connectivity index (χ2n) is 12.0. The Bertz CT molecular complexity index is 1580. The Balaban J connectivity index is 1.23. The fraction of sp³-hybridized carbons (Fsp3) is 0.375. The second kappa shape index (κ2) is 8.32. The van der Waals surface area contributed by atoms with E-state index in [4.69, 9.17) is 4.74 Å². The fourth-order valence-electron chi connectivity index (χ4n) is 7.94. The molecule has 8 heteroatoms. The number of amides is 1. The third-order valence-corrected chi connectivity index (χ3v) is 9.96. The van der Waals surface area contributed by atoms with Crippen LogP contribution < -0.4 is 10.1 Å². The number of aromatic nitrogens is 1. The molecule has 1 aromatic heterocycles. The minimum absolute atomic E-state index is 0.00230. The molecular formula is C32H31N3O5. The number of piperidine rings is 1. The van der Waals surface area contributed by atoms with E-state index >= 15 is 0 Å². The summed E-state index contributed by atoms with van der Waals surface area (Å²) in [5.74, 6) is 0.329. The average molecular weight is 538 g/mol. The Kier molecular flexibility index (Phi) is 4.98. The Morgan fingerprint density at radius 2 is 1.90 bits per heavy atom. The highest BCUT2D eigenvalue weighted by Gasteiger charge is 2.73. The molecule has 2 bridgehead atoms. The summed E-state index contributed by atoms with van der Waals surface area (Å²) in [5, 5.41) is 38.3. The smallest absolute Gasteiger partial charge is 0.255 e. The molecule has 1 saturated carbocycles. The minimum Gasteiger partial charge on any atom is -0.508 e. The van der Waals surface area contributed by atoms with Crippen LogP contribution in [0.25, 0.3) is 11.1 Å². The molecule has 5 aliphatic rings. The van der Waals surface area contributed by atoms with Gasteiger partial charge in [0.25, 0.3) is 5.91 Å². The maximum absolute atomic E-state index is 13.9. The molecule has 4 atom stereocenters. The van der Waals surface area contributed by atoms with Gasteiger partial charge < -0.3 is 25.4 Å². The number of rotatable bonds is 5. The van der Waals surface area contributed by atoms with Crippen molar-refractivity contribution in [3.05, 3.63) is 83.4 Å². The summed E-state index contributed by atoms with van der Waals surface area (Å²) >= 11 is 0. The Labute approximate surface area is 231 Å². The van der Waals surface area contributed by atoms with E-state index in [0.29, 0.717) is 30.2 Å². The van der Waals surface area contributed by atoms with Gasteiger partial charge in [-0.25, -0.2) is 0 Å². The number of phenolic OH excluding ortho intramolecular Hbond substituents is 1. The third kappa shape index (κ3) is 3.14. The molecule has 2 aliphatic heterocycles. The molecule has 0 unspecified atom stereocenters. The number of hydrogen-bond donors (Lipinski definition) is 4. The maximum atomic E-state index is 13.9. The number of likely N-dealkylation sites (tertiary alicyclic amines) is 1. The van der Waals surface area contributed by atoms with Crippen molar-refractivity contribution in [2.75, 3.05) is 18.4 Å². The third-order valence-electron chi connectivity index (χ3n) is 9.96. The van der Waals surface area contributed by atoms with Crippen molar-refractivity contribution in [1.82, 2.24) is 9.88 Å². The Morgan fingerprint density at radius 1 is 1.10 bits per heavy atom.